The molecule has 21 heavy (non-hydrogen) atoms. The molecule has 0 aliphatic rings. The summed E-state index contributed by atoms with van der Waals surface area (Å²) in [5, 5.41) is 0.459. The molecule has 1 heterocycles. The van der Waals surface area contributed by atoms with Crippen molar-refractivity contribution in [1.82, 2.24) is 0 Å². The average molecular weight is 283 g/mol. The highest BCUT2D eigenvalue weighted by molar-refractivity contribution is 5.82. The molecule has 1 atom stereocenters. The molecule has 3 aromatic rings. The number of hydrogen-bond donors (Lipinski definition) is 1. The van der Waals surface area contributed by atoms with Gasteiger partial charge in [0.2, 0.25) is 5.43 Å². The number of nitrogens with two attached hydrogens (primary N) is 1. The molecule has 3 rings (SSSR count). The molecular weight excluding hydrogens is 269 g/mol. The van der Waals surface area contributed by atoms with Crippen molar-refractivity contribution >= 4 is 11.0 Å². The van der Waals surface area contributed by atoms with Crippen molar-refractivity contribution < 1.29 is 8.81 Å². The number of hydrogen-bond acceptors (Lipinski definition) is 3. The molecule has 0 saturated heterocycles. The third kappa shape index (κ3) is 2.34. The summed E-state index contributed by atoms with van der Waals surface area (Å²) in [4.78, 5) is 12.7. The maximum absolute atomic E-state index is 13.5. The van der Waals surface area contributed by atoms with Crippen molar-refractivity contribution in [3.8, 4) is 11.1 Å². The average Bonchev–Trinajstić information content (AvgIpc) is 2.47. The van der Waals surface area contributed by atoms with E-state index in [0.29, 0.717) is 27.9 Å². The highest BCUT2D eigenvalue weighted by Crippen LogP contribution is 2.28. The van der Waals surface area contributed by atoms with Crippen molar-refractivity contribution in [2.75, 3.05) is 0 Å². The van der Waals surface area contributed by atoms with Crippen LogP contribution >= 0.6 is 0 Å². The van der Waals surface area contributed by atoms with E-state index in [1.165, 1.54) is 12.1 Å². The zero-order valence-electron chi connectivity index (χ0n) is 11.5. The van der Waals surface area contributed by atoms with Crippen LogP contribution in [0.25, 0.3) is 22.1 Å². The SMILES string of the molecule is CC(N)c1oc2ccccc2c(=O)c1-c1cccc(F)c1. The Morgan fingerprint density at radius 1 is 1.14 bits per heavy atom. The quantitative estimate of drug-likeness (QED) is 0.781. The predicted molar refractivity (Wildman–Crippen MR) is 80.5 cm³/mol. The predicted octanol–water partition coefficient (Wildman–Crippen LogP) is 3.62. The first kappa shape index (κ1) is 13.5. The molecule has 2 aromatic carbocycles. The summed E-state index contributed by atoms with van der Waals surface area (Å²) >= 11 is 0. The molecule has 0 radical (unpaired) electrons. The van der Waals surface area contributed by atoms with E-state index in [2.05, 4.69) is 0 Å². The van der Waals surface area contributed by atoms with E-state index in [1.807, 2.05) is 0 Å². The maximum atomic E-state index is 13.5. The summed E-state index contributed by atoms with van der Waals surface area (Å²) in [6.45, 7) is 1.73. The Morgan fingerprint density at radius 3 is 2.62 bits per heavy atom. The van der Waals surface area contributed by atoms with Gasteiger partial charge in [-0.3, -0.25) is 4.79 Å². The van der Waals surface area contributed by atoms with Crippen LogP contribution < -0.4 is 11.2 Å². The first-order valence-corrected chi connectivity index (χ1v) is 6.65. The lowest BCUT2D eigenvalue weighted by Gasteiger charge is -2.12. The summed E-state index contributed by atoms with van der Waals surface area (Å²) in [5.41, 5.74) is 7.00. The Bertz CT molecular complexity index is 868. The molecule has 106 valence electrons. The smallest absolute Gasteiger partial charge is 0.200 e. The summed E-state index contributed by atoms with van der Waals surface area (Å²) in [7, 11) is 0. The van der Waals surface area contributed by atoms with Gasteiger partial charge in [0.1, 0.15) is 17.2 Å². The summed E-state index contributed by atoms with van der Waals surface area (Å²) in [6, 6.07) is 12.4. The zero-order valence-corrected chi connectivity index (χ0v) is 11.5. The minimum absolute atomic E-state index is 0.199. The summed E-state index contributed by atoms with van der Waals surface area (Å²) in [5.74, 6) is -0.0417. The summed E-state index contributed by atoms with van der Waals surface area (Å²) in [6.07, 6.45) is 0. The van der Waals surface area contributed by atoms with E-state index in [1.54, 1.807) is 43.3 Å². The largest absolute Gasteiger partial charge is 0.459 e. The first-order chi connectivity index (χ1) is 10.1. The van der Waals surface area contributed by atoms with Crippen molar-refractivity contribution in [1.29, 1.82) is 0 Å². The lowest BCUT2D eigenvalue weighted by Crippen LogP contribution is -2.15. The summed E-state index contributed by atoms with van der Waals surface area (Å²) < 4.78 is 19.2. The van der Waals surface area contributed by atoms with Crippen molar-refractivity contribution in [3.63, 3.8) is 0 Å². The van der Waals surface area contributed by atoms with E-state index in [9.17, 15) is 9.18 Å². The highest BCUT2D eigenvalue weighted by Gasteiger charge is 2.18. The van der Waals surface area contributed by atoms with Crippen LogP contribution in [-0.2, 0) is 0 Å². The molecule has 0 aliphatic heterocycles. The van der Waals surface area contributed by atoms with E-state index >= 15 is 0 Å². The van der Waals surface area contributed by atoms with Gasteiger partial charge in [0, 0.05) is 0 Å². The zero-order chi connectivity index (χ0) is 15.0. The van der Waals surface area contributed by atoms with Crippen LogP contribution in [0.1, 0.15) is 18.7 Å². The van der Waals surface area contributed by atoms with Gasteiger partial charge in [-0.1, -0.05) is 24.3 Å². The van der Waals surface area contributed by atoms with E-state index in [0.717, 1.165) is 0 Å². The second-order valence-electron chi connectivity index (χ2n) is 4.97. The molecule has 0 fully saturated rings. The van der Waals surface area contributed by atoms with Gasteiger partial charge in [0.15, 0.2) is 0 Å². The normalized spacial score (nSPS) is 12.5. The molecule has 0 saturated carbocycles. The third-order valence-electron chi connectivity index (χ3n) is 3.35. The molecule has 0 aliphatic carbocycles. The van der Waals surface area contributed by atoms with Crippen LogP contribution in [0.3, 0.4) is 0 Å². The van der Waals surface area contributed by atoms with Gasteiger partial charge in [-0.05, 0) is 36.8 Å². The Labute approximate surface area is 120 Å². The number of rotatable bonds is 2. The van der Waals surface area contributed by atoms with Gasteiger partial charge in [-0.25, -0.2) is 4.39 Å². The molecular formula is C17H14FNO2. The van der Waals surface area contributed by atoms with Crippen LogP contribution in [0, 0.1) is 5.82 Å². The Balaban J connectivity index is 2.42. The Kier molecular flexibility index (Phi) is 3.31. The molecule has 1 aromatic heterocycles. The molecule has 0 bridgehead atoms. The van der Waals surface area contributed by atoms with Crippen LogP contribution in [0.15, 0.2) is 57.7 Å². The number of para-hydroxylation sites is 1. The molecule has 1 unspecified atom stereocenters. The molecule has 0 spiro atoms. The molecule has 2 N–H and O–H groups in total. The lowest BCUT2D eigenvalue weighted by atomic mass is 9.99. The first-order valence-electron chi connectivity index (χ1n) is 6.65. The fraction of sp³-hybridized carbons (Fsp3) is 0.118. The highest BCUT2D eigenvalue weighted by atomic mass is 19.1. The molecule has 3 nitrogen and oxygen atoms in total. The van der Waals surface area contributed by atoms with E-state index in [4.69, 9.17) is 10.2 Å². The monoisotopic (exact) mass is 283 g/mol. The van der Waals surface area contributed by atoms with Gasteiger partial charge in [-0.15, -0.1) is 0 Å². The van der Waals surface area contributed by atoms with Crippen LogP contribution in [-0.4, -0.2) is 0 Å². The van der Waals surface area contributed by atoms with Crippen molar-refractivity contribution in [2.24, 2.45) is 5.73 Å². The van der Waals surface area contributed by atoms with Gasteiger partial charge < -0.3 is 10.2 Å². The number of benzene rings is 2. The third-order valence-corrected chi connectivity index (χ3v) is 3.35. The minimum Gasteiger partial charge on any atom is -0.459 e. The lowest BCUT2D eigenvalue weighted by molar-refractivity contribution is 0.503. The Morgan fingerprint density at radius 2 is 1.90 bits per heavy atom. The second kappa shape index (κ2) is 5.14. The second-order valence-corrected chi connectivity index (χ2v) is 4.97. The standard InChI is InChI=1S/C17H14FNO2/c1-10(19)17-15(11-5-4-6-12(18)9-11)16(20)13-7-2-3-8-14(13)21-17/h2-10H,19H2,1H3. The van der Waals surface area contributed by atoms with Gasteiger partial charge in [-0.2, -0.15) is 0 Å². The number of halogens is 1. The van der Waals surface area contributed by atoms with E-state index in [-0.39, 0.29) is 5.43 Å². The van der Waals surface area contributed by atoms with Gasteiger partial charge >= 0.3 is 0 Å². The topological polar surface area (TPSA) is 56.2 Å². The van der Waals surface area contributed by atoms with Gasteiger partial charge in [0.25, 0.3) is 0 Å². The molecule has 0 amide bonds. The van der Waals surface area contributed by atoms with Crippen LogP contribution in [0.5, 0.6) is 0 Å². The van der Waals surface area contributed by atoms with Crippen molar-refractivity contribution in [2.45, 2.75) is 13.0 Å². The van der Waals surface area contributed by atoms with E-state index < -0.39 is 11.9 Å². The number of fused-ring (bicyclic) bond motifs is 1. The maximum Gasteiger partial charge on any atom is 0.200 e. The Hall–Kier alpha value is -2.46. The fourth-order valence-electron chi connectivity index (χ4n) is 2.40. The van der Waals surface area contributed by atoms with Crippen LogP contribution in [0.2, 0.25) is 0 Å². The van der Waals surface area contributed by atoms with Crippen molar-refractivity contribution in [3.05, 3.63) is 70.3 Å². The van der Waals surface area contributed by atoms with Crippen LogP contribution in [0.4, 0.5) is 4.39 Å². The fourth-order valence-corrected chi connectivity index (χ4v) is 2.40. The molecule has 4 heteroatoms. The van der Waals surface area contributed by atoms with Gasteiger partial charge in [0.05, 0.1) is 17.0 Å². The minimum atomic E-state index is -0.472.